The van der Waals surface area contributed by atoms with E-state index in [9.17, 15) is 4.39 Å². The van der Waals surface area contributed by atoms with Crippen LogP contribution < -0.4 is 11.2 Å². The number of rotatable bonds is 2. The molecule has 1 aromatic rings. The van der Waals surface area contributed by atoms with Crippen LogP contribution in [0.25, 0.3) is 0 Å². The van der Waals surface area contributed by atoms with Crippen molar-refractivity contribution in [3.05, 3.63) is 29.6 Å². The molecule has 4 heteroatoms. The summed E-state index contributed by atoms with van der Waals surface area (Å²) >= 11 is 0. The quantitative estimate of drug-likeness (QED) is 0.440. The smallest absolute Gasteiger partial charge is 0.127 e. The van der Waals surface area contributed by atoms with Crippen molar-refractivity contribution in [2.75, 3.05) is 5.73 Å². The van der Waals surface area contributed by atoms with Gasteiger partial charge in [0.05, 0.1) is 0 Å². The highest BCUT2D eigenvalue weighted by Crippen LogP contribution is 2.10. The lowest BCUT2D eigenvalue weighted by molar-refractivity contribution is 0.160. The van der Waals surface area contributed by atoms with Gasteiger partial charge in [0.15, 0.2) is 0 Å². The van der Waals surface area contributed by atoms with E-state index in [2.05, 4.69) is 0 Å². The van der Waals surface area contributed by atoms with E-state index in [1.54, 1.807) is 0 Å². The van der Waals surface area contributed by atoms with E-state index in [0.29, 0.717) is 11.3 Å². The van der Waals surface area contributed by atoms with Gasteiger partial charge in [0.1, 0.15) is 5.82 Å². The van der Waals surface area contributed by atoms with Crippen LogP contribution in [0.1, 0.15) is 5.56 Å². The predicted molar refractivity (Wildman–Crippen MR) is 39.4 cm³/mol. The first-order chi connectivity index (χ1) is 5.24. The highest BCUT2D eigenvalue weighted by Gasteiger charge is 2.00. The summed E-state index contributed by atoms with van der Waals surface area (Å²) < 4.78 is 12.7. The molecule has 0 saturated heterocycles. The minimum Gasteiger partial charge on any atom is -0.399 e. The van der Waals surface area contributed by atoms with Crippen LogP contribution in [0.4, 0.5) is 10.1 Å². The molecule has 11 heavy (non-hydrogen) atoms. The topological polar surface area (TPSA) is 58.3 Å². The van der Waals surface area contributed by atoms with Gasteiger partial charge in [0.2, 0.25) is 0 Å². The van der Waals surface area contributed by atoms with E-state index >= 15 is 0 Å². The minimum absolute atomic E-state index is 0.0663. The predicted octanol–water partition coefficient (Wildman–Crippen LogP) is 0.887. The molecule has 0 heterocycles. The van der Waals surface area contributed by atoms with Crippen LogP contribution in [-0.2, 0) is 6.54 Å². The second kappa shape index (κ2) is 3.32. The van der Waals surface area contributed by atoms with Gasteiger partial charge in [0, 0.05) is 17.8 Å². The Labute approximate surface area is 63.6 Å². The number of halogens is 1. The zero-order chi connectivity index (χ0) is 8.27. The molecule has 0 aliphatic heterocycles. The third-order valence-corrected chi connectivity index (χ3v) is 1.34. The van der Waals surface area contributed by atoms with Gasteiger partial charge in [-0.2, -0.15) is 0 Å². The first-order valence-corrected chi connectivity index (χ1v) is 3.15. The maximum Gasteiger partial charge on any atom is 0.127 e. The highest BCUT2D eigenvalue weighted by atomic mass is 19.1. The van der Waals surface area contributed by atoms with Crippen molar-refractivity contribution in [1.82, 2.24) is 5.48 Å². The fourth-order valence-electron chi connectivity index (χ4n) is 0.815. The van der Waals surface area contributed by atoms with E-state index in [1.165, 1.54) is 18.2 Å². The van der Waals surface area contributed by atoms with Crippen LogP contribution in [0.2, 0.25) is 0 Å². The van der Waals surface area contributed by atoms with E-state index in [4.69, 9.17) is 10.9 Å². The van der Waals surface area contributed by atoms with Gasteiger partial charge >= 0.3 is 0 Å². The maximum atomic E-state index is 12.7. The number of anilines is 1. The third-order valence-electron chi connectivity index (χ3n) is 1.34. The summed E-state index contributed by atoms with van der Waals surface area (Å²) in [4.78, 5) is 0. The molecule has 0 radical (unpaired) electrons. The lowest BCUT2D eigenvalue weighted by atomic mass is 10.2. The van der Waals surface area contributed by atoms with Crippen molar-refractivity contribution in [2.45, 2.75) is 6.54 Å². The van der Waals surface area contributed by atoms with Gasteiger partial charge in [-0.05, 0) is 18.2 Å². The Morgan fingerprint density at radius 2 is 2.27 bits per heavy atom. The molecule has 60 valence electrons. The van der Waals surface area contributed by atoms with Crippen molar-refractivity contribution in [3.63, 3.8) is 0 Å². The first-order valence-electron chi connectivity index (χ1n) is 3.15. The van der Waals surface area contributed by atoms with Crippen molar-refractivity contribution < 1.29 is 9.60 Å². The van der Waals surface area contributed by atoms with E-state index in [-0.39, 0.29) is 12.4 Å². The van der Waals surface area contributed by atoms with Crippen molar-refractivity contribution in [1.29, 1.82) is 0 Å². The van der Waals surface area contributed by atoms with Crippen LogP contribution in [0.15, 0.2) is 18.2 Å². The van der Waals surface area contributed by atoms with Gasteiger partial charge in [-0.1, -0.05) is 0 Å². The standard InChI is InChI=1S/C7H9FN2O/c8-7-2-1-6(9)3-5(7)4-10-11/h1-3,10-11H,4,9H2. The van der Waals surface area contributed by atoms with Gasteiger partial charge in [-0.3, -0.25) is 0 Å². The van der Waals surface area contributed by atoms with Crippen LogP contribution in [0.5, 0.6) is 0 Å². The average Bonchev–Trinajstić information content (AvgIpc) is 1.98. The SMILES string of the molecule is Nc1ccc(F)c(CNO)c1. The fourth-order valence-corrected chi connectivity index (χ4v) is 0.815. The zero-order valence-corrected chi connectivity index (χ0v) is 5.84. The summed E-state index contributed by atoms with van der Waals surface area (Å²) in [6, 6.07) is 4.21. The Kier molecular flexibility index (Phi) is 2.40. The molecule has 0 aliphatic rings. The summed E-state index contributed by atoms with van der Waals surface area (Å²) in [6.07, 6.45) is 0. The summed E-state index contributed by atoms with van der Waals surface area (Å²) in [5, 5.41) is 8.28. The van der Waals surface area contributed by atoms with E-state index in [0.717, 1.165) is 0 Å². The maximum absolute atomic E-state index is 12.7. The molecule has 0 fully saturated rings. The fraction of sp³-hybridized carbons (Fsp3) is 0.143. The third kappa shape index (κ3) is 1.89. The lowest BCUT2D eigenvalue weighted by Gasteiger charge is -2.01. The Bertz CT molecular complexity index is 252. The molecule has 0 aromatic heterocycles. The van der Waals surface area contributed by atoms with Crippen LogP contribution in [-0.4, -0.2) is 5.21 Å². The summed E-state index contributed by atoms with van der Waals surface area (Å²) in [5.41, 5.74) is 8.08. The second-order valence-corrected chi connectivity index (χ2v) is 2.19. The number of hydrogen-bond donors (Lipinski definition) is 3. The lowest BCUT2D eigenvalue weighted by Crippen LogP contribution is -2.08. The van der Waals surface area contributed by atoms with Crippen LogP contribution >= 0.6 is 0 Å². The number of hydroxylamine groups is 1. The Hall–Kier alpha value is -1.13. The number of hydrogen-bond acceptors (Lipinski definition) is 3. The van der Waals surface area contributed by atoms with Crippen molar-refractivity contribution >= 4 is 5.69 Å². The van der Waals surface area contributed by atoms with Crippen LogP contribution in [0.3, 0.4) is 0 Å². The number of benzene rings is 1. The summed E-state index contributed by atoms with van der Waals surface area (Å²) in [6.45, 7) is 0.0663. The van der Waals surface area contributed by atoms with E-state index in [1.807, 2.05) is 5.48 Å². The van der Waals surface area contributed by atoms with Gasteiger partial charge in [-0.15, -0.1) is 0 Å². The molecule has 0 spiro atoms. The molecule has 1 aromatic carbocycles. The average molecular weight is 156 g/mol. The number of nitrogen functional groups attached to an aromatic ring is 1. The van der Waals surface area contributed by atoms with Crippen molar-refractivity contribution in [2.24, 2.45) is 0 Å². The molecular weight excluding hydrogens is 147 g/mol. The molecular formula is C7H9FN2O. The molecule has 4 N–H and O–H groups in total. The molecule has 0 atom stereocenters. The number of nitrogens with one attached hydrogen (secondary N) is 1. The first kappa shape index (κ1) is 7.97. The molecule has 0 unspecified atom stereocenters. The summed E-state index contributed by atoms with van der Waals surface area (Å²) in [5.74, 6) is -0.374. The van der Waals surface area contributed by atoms with E-state index < -0.39 is 0 Å². The normalized spacial score (nSPS) is 10.0. The Balaban J connectivity index is 2.93. The van der Waals surface area contributed by atoms with Gasteiger partial charge < -0.3 is 10.9 Å². The van der Waals surface area contributed by atoms with Crippen LogP contribution in [0, 0.1) is 5.82 Å². The highest BCUT2D eigenvalue weighted by molar-refractivity contribution is 5.41. The Morgan fingerprint density at radius 3 is 2.91 bits per heavy atom. The van der Waals surface area contributed by atoms with Gasteiger partial charge in [0.25, 0.3) is 0 Å². The zero-order valence-electron chi connectivity index (χ0n) is 5.84. The molecule has 3 nitrogen and oxygen atoms in total. The monoisotopic (exact) mass is 156 g/mol. The summed E-state index contributed by atoms with van der Waals surface area (Å²) in [7, 11) is 0. The Morgan fingerprint density at radius 1 is 1.55 bits per heavy atom. The second-order valence-electron chi connectivity index (χ2n) is 2.19. The molecule has 0 amide bonds. The molecule has 0 saturated carbocycles. The molecule has 0 aliphatic carbocycles. The van der Waals surface area contributed by atoms with Gasteiger partial charge in [-0.25, -0.2) is 9.87 Å². The molecule has 0 bridgehead atoms. The largest absolute Gasteiger partial charge is 0.399 e. The van der Waals surface area contributed by atoms with Crippen molar-refractivity contribution in [3.8, 4) is 0 Å². The molecule has 1 rings (SSSR count). The number of nitrogens with two attached hydrogens (primary N) is 1. The minimum atomic E-state index is -0.374.